The quantitative estimate of drug-likeness (QED) is 0.680. The molecule has 0 aliphatic rings. The van der Waals surface area contributed by atoms with Crippen LogP contribution in [0, 0.1) is 3.57 Å². The number of aliphatic carboxylic acids is 1. The molecule has 6 heteroatoms. The molecule has 0 atom stereocenters. The van der Waals surface area contributed by atoms with Crippen molar-refractivity contribution < 1.29 is 14.6 Å². The SMILES string of the molecule is O=C(O)CCOc1c(I)ccnc1Cl. The number of hydrogen-bond donors (Lipinski definition) is 1. The molecule has 1 heterocycles. The summed E-state index contributed by atoms with van der Waals surface area (Å²) in [6.07, 6.45) is 1.51. The van der Waals surface area contributed by atoms with E-state index in [9.17, 15) is 4.79 Å². The van der Waals surface area contributed by atoms with Crippen LogP contribution >= 0.6 is 34.2 Å². The average molecular weight is 328 g/mol. The van der Waals surface area contributed by atoms with Crippen LogP contribution in [0.15, 0.2) is 12.3 Å². The number of nitrogens with zero attached hydrogens (tertiary/aromatic N) is 1. The van der Waals surface area contributed by atoms with Gasteiger partial charge in [0.15, 0.2) is 10.9 Å². The number of ether oxygens (including phenoxy) is 1. The summed E-state index contributed by atoms with van der Waals surface area (Å²) in [5.74, 6) is -0.462. The first kappa shape index (κ1) is 11.5. The van der Waals surface area contributed by atoms with Crippen molar-refractivity contribution in [2.75, 3.05) is 6.61 Å². The zero-order valence-electron chi connectivity index (χ0n) is 7.04. The molecular weight excluding hydrogens is 320 g/mol. The molecule has 0 amide bonds. The standard InChI is InChI=1S/C8H7ClINO3/c9-8-7(5(10)1-3-11-8)14-4-2-6(12)13/h1,3H,2,4H2,(H,12,13). The molecular formula is C8H7ClINO3. The Morgan fingerprint density at radius 2 is 2.43 bits per heavy atom. The van der Waals surface area contributed by atoms with Crippen molar-refractivity contribution in [3.63, 3.8) is 0 Å². The van der Waals surface area contributed by atoms with E-state index >= 15 is 0 Å². The first-order chi connectivity index (χ1) is 6.61. The molecule has 1 N–H and O–H groups in total. The normalized spacial score (nSPS) is 9.86. The fraction of sp³-hybridized carbons (Fsp3) is 0.250. The fourth-order valence-corrected chi connectivity index (χ4v) is 1.71. The average Bonchev–Trinajstić information content (AvgIpc) is 2.09. The highest BCUT2D eigenvalue weighted by atomic mass is 127. The van der Waals surface area contributed by atoms with Crippen LogP contribution in [0.5, 0.6) is 5.75 Å². The van der Waals surface area contributed by atoms with E-state index < -0.39 is 5.97 Å². The minimum Gasteiger partial charge on any atom is -0.489 e. The molecule has 0 unspecified atom stereocenters. The first-order valence-corrected chi connectivity index (χ1v) is 5.21. The maximum Gasteiger partial charge on any atom is 0.306 e. The molecule has 1 aromatic rings. The minimum absolute atomic E-state index is 0.0543. The van der Waals surface area contributed by atoms with Crippen molar-refractivity contribution in [3.8, 4) is 5.75 Å². The third-order valence-electron chi connectivity index (χ3n) is 1.38. The lowest BCUT2D eigenvalue weighted by Crippen LogP contribution is -2.06. The predicted molar refractivity (Wildman–Crippen MR) is 59.7 cm³/mol. The number of rotatable bonds is 4. The van der Waals surface area contributed by atoms with Gasteiger partial charge < -0.3 is 9.84 Å². The summed E-state index contributed by atoms with van der Waals surface area (Å²) in [6, 6.07) is 1.74. The number of aromatic nitrogens is 1. The highest BCUT2D eigenvalue weighted by Gasteiger charge is 2.07. The summed E-state index contributed by atoms with van der Waals surface area (Å²) in [5, 5.41) is 8.65. The Kier molecular flexibility index (Phi) is 4.40. The Labute approximate surface area is 99.4 Å². The Hall–Kier alpha value is -0.560. The second-order valence-corrected chi connectivity index (χ2v) is 3.93. The molecule has 0 radical (unpaired) electrons. The molecule has 0 aliphatic heterocycles. The monoisotopic (exact) mass is 327 g/mol. The molecule has 1 aromatic heterocycles. The van der Waals surface area contributed by atoms with E-state index in [1.807, 2.05) is 22.6 Å². The van der Waals surface area contributed by atoms with Gasteiger partial charge in [0, 0.05) is 6.20 Å². The molecule has 14 heavy (non-hydrogen) atoms. The lowest BCUT2D eigenvalue weighted by molar-refractivity contribution is -0.137. The third-order valence-corrected chi connectivity index (χ3v) is 2.49. The van der Waals surface area contributed by atoms with E-state index in [0.29, 0.717) is 5.75 Å². The zero-order valence-corrected chi connectivity index (χ0v) is 9.95. The second-order valence-electron chi connectivity index (χ2n) is 2.40. The molecule has 0 spiro atoms. The predicted octanol–water partition coefficient (Wildman–Crippen LogP) is 2.19. The van der Waals surface area contributed by atoms with E-state index in [1.165, 1.54) is 0 Å². The van der Waals surface area contributed by atoms with Gasteiger partial charge in [-0.2, -0.15) is 0 Å². The molecule has 0 aromatic carbocycles. The zero-order chi connectivity index (χ0) is 10.6. The number of halogens is 2. The van der Waals surface area contributed by atoms with Gasteiger partial charge in [-0.25, -0.2) is 4.98 Å². The maximum absolute atomic E-state index is 10.2. The van der Waals surface area contributed by atoms with Crippen LogP contribution in [-0.4, -0.2) is 22.7 Å². The van der Waals surface area contributed by atoms with Crippen LogP contribution in [0.25, 0.3) is 0 Å². The minimum atomic E-state index is -0.903. The van der Waals surface area contributed by atoms with Gasteiger partial charge >= 0.3 is 5.97 Å². The molecule has 0 aliphatic carbocycles. The topological polar surface area (TPSA) is 59.4 Å². The van der Waals surface area contributed by atoms with E-state index in [2.05, 4.69) is 4.98 Å². The lowest BCUT2D eigenvalue weighted by atomic mass is 10.4. The van der Waals surface area contributed by atoms with Crippen LogP contribution < -0.4 is 4.74 Å². The van der Waals surface area contributed by atoms with Gasteiger partial charge in [-0.05, 0) is 28.7 Å². The second kappa shape index (κ2) is 5.35. The van der Waals surface area contributed by atoms with E-state index in [4.69, 9.17) is 21.4 Å². The van der Waals surface area contributed by atoms with E-state index in [1.54, 1.807) is 12.3 Å². The summed E-state index contributed by atoms with van der Waals surface area (Å²) >= 11 is 7.80. The van der Waals surface area contributed by atoms with Crippen LogP contribution in [0.1, 0.15) is 6.42 Å². The van der Waals surface area contributed by atoms with Crippen LogP contribution in [-0.2, 0) is 4.79 Å². The first-order valence-electron chi connectivity index (χ1n) is 3.76. The van der Waals surface area contributed by atoms with Crippen LogP contribution in [0.2, 0.25) is 5.15 Å². The van der Waals surface area contributed by atoms with Crippen molar-refractivity contribution in [2.45, 2.75) is 6.42 Å². The highest BCUT2D eigenvalue weighted by molar-refractivity contribution is 14.1. The van der Waals surface area contributed by atoms with E-state index in [-0.39, 0.29) is 18.2 Å². The molecule has 0 saturated heterocycles. The molecule has 4 nitrogen and oxygen atoms in total. The number of carboxylic acid groups (broad SMARTS) is 1. The lowest BCUT2D eigenvalue weighted by Gasteiger charge is -2.07. The van der Waals surface area contributed by atoms with Gasteiger partial charge in [0.05, 0.1) is 16.6 Å². The molecule has 1 rings (SSSR count). The Morgan fingerprint density at radius 1 is 1.71 bits per heavy atom. The number of carbonyl (C=O) groups is 1. The van der Waals surface area contributed by atoms with Crippen molar-refractivity contribution in [1.29, 1.82) is 0 Å². The van der Waals surface area contributed by atoms with Gasteiger partial charge in [-0.15, -0.1) is 0 Å². The summed E-state index contributed by atoms with van der Waals surface area (Å²) in [4.78, 5) is 14.1. The van der Waals surface area contributed by atoms with Gasteiger partial charge in [0.25, 0.3) is 0 Å². The third kappa shape index (κ3) is 3.30. The molecule has 0 saturated carbocycles. The smallest absolute Gasteiger partial charge is 0.306 e. The number of carboxylic acids is 1. The van der Waals surface area contributed by atoms with E-state index in [0.717, 1.165) is 3.57 Å². The van der Waals surface area contributed by atoms with Gasteiger partial charge in [0.1, 0.15) is 0 Å². The molecule has 0 bridgehead atoms. The van der Waals surface area contributed by atoms with Crippen molar-refractivity contribution >= 4 is 40.2 Å². The maximum atomic E-state index is 10.2. The van der Waals surface area contributed by atoms with Crippen LogP contribution in [0.3, 0.4) is 0 Å². The summed E-state index contributed by atoms with van der Waals surface area (Å²) in [6.45, 7) is 0.0940. The molecule has 76 valence electrons. The Morgan fingerprint density at radius 3 is 3.00 bits per heavy atom. The highest BCUT2D eigenvalue weighted by Crippen LogP contribution is 2.27. The number of hydrogen-bond acceptors (Lipinski definition) is 3. The summed E-state index contributed by atoms with van der Waals surface area (Å²) in [5.41, 5.74) is 0. The largest absolute Gasteiger partial charge is 0.489 e. The number of pyridine rings is 1. The summed E-state index contributed by atoms with van der Waals surface area (Å²) < 4.78 is 6.01. The van der Waals surface area contributed by atoms with Gasteiger partial charge in [0.2, 0.25) is 0 Å². The van der Waals surface area contributed by atoms with Gasteiger partial charge in [-0.3, -0.25) is 4.79 Å². The Bertz CT molecular complexity index is 325. The Balaban J connectivity index is 2.62. The van der Waals surface area contributed by atoms with Crippen molar-refractivity contribution in [3.05, 3.63) is 21.0 Å². The fourth-order valence-electron chi connectivity index (χ4n) is 0.770. The van der Waals surface area contributed by atoms with Gasteiger partial charge in [-0.1, -0.05) is 11.6 Å². The molecule has 0 fully saturated rings. The van der Waals surface area contributed by atoms with Crippen LogP contribution in [0.4, 0.5) is 0 Å². The van der Waals surface area contributed by atoms with Crippen molar-refractivity contribution in [2.24, 2.45) is 0 Å². The summed E-state index contributed by atoms with van der Waals surface area (Å²) in [7, 11) is 0. The van der Waals surface area contributed by atoms with Crippen molar-refractivity contribution in [1.82, 2.24) is 4.98 Å².